The van der Waals surface area contributed by atoms with Crippen molar-refractivity contribution in [2.24, 2.45) is 40.7 Å². The summed E-state index contributed by atoms with van der Waals surface area (Å²) in [5, 5.41) is 117. The molecular formula is C97H130N20O30S. The lowest BCUT2D eigenvalue weighted by Gasteiger charge is -2.30. The molecule has 31 N–H and O–H groups in total. The molecule has 5 aromatic carbocycles. The summed E-state index contributed by atoms with van der Waals surface area (Å²) in [6, 6.07) is 0.941. The molecule has 51 heteroatoms. The molecule has 50 nitrogen and oxygen atoms in total. The second-order valence-electron chi connectivity index (χ2n) is 35.9. The molecule has 0 unspecified atom stereocenters. The molecule has 0 aliphatic carbocycles. The van der Waals surface area contributed by atoms with Gasteiger partial charge in [-0.2, -0.15) is 11.8 Å². The van der Waals surface area contributed by atoms with E-state index in [1.165, 1.54) is 154 Å². The second-order valence-corrected chi connectivity index (χ2v) is 36.9. The number of thioether (sulfide) groups is 1. The number of aliphatic carboxylic acids is 3. The number of carbonyl (C=O) groups is 22. The topological polar surface area (TPSA) is 825 Å². The van der Waals surface area contributed by atoms with Crippen LogP contribution in [0.1, 0.15) is 140 Å². The summed E-state index contributed by atoms with van der Waals surface area (Å²) in [5.74, 6) is -28.7. The fraction of sp³-hybridized carbons (Fsp3) is 0.464. The van der Waals surface area contributed by atoms with Gasteiger partial charge < -0.3 is 148 Å². The van der Waals surface area contributed by atoms with Crippen LogP contribution in [-0.4, -0.2) is 298 Å². The second kappa shape index (κ2) is 59.2. The number of hydrogen-bond donors (Lipinski definition) is 27. The van der Waals surface area contributed by atoms with Crippen LogP contribution in [0, 0.1) is 17.8 Å². The molecule has 19 amide bonds. The van der Waals surface area contributed by atoms with Crippen molar-refractivity contribution in [3.63, 3.8) is 0 Å². The first-order valence-corrected chi connectivity index (χ1v) is 48.7. The van der Waals surface area contributed by atoms with Gasteiger partial charge in [-0.05, 0) is 144 Å². The van der Waals surface area contributed by atoms with E-state index in [9.17, 15) is 146 Å². The molecule has 1 aliphatic heterocycles. The molecule has 148 heavy (non-hydrogen) atoms. The van der Waals surface area contributed by atoms with E-state index in [1.54, 1.807) is 27.0 Å². The summed E-state index contributed by atoms with van der Waals surface area (Å²) in [4.78, 5) is 304. The van der Waals surface area contributed by atoms with Crippen LogP contribution < -0.4 is 103 Å². The van der Waals surface area contributed by atoms with Crippen LogP contribution >= 0.6 is 11.8 Å². The summed E-state index contributed by atoms with van der Waals surface area (Å²) in [6.45, 7) is 7.37. The van der Waals surface area contributed by atoms with Crippen molar-refractivity contribution in [2.45, 2.75) is 235 Å². The van der Waals surface area contributed by atoms with E-state index in [2.05, 4.69) is 79.8 Å². The van der Waals surface area contributed by atoms with Crippen LogP contribution in [-0.2, 0) is 138 Å². The van der Waals surface area contributed by atoms with Crippen LogP contribution in [0.15, 0.2) is 121 Å². The zero-order chi connectivity index (χ0) is 110. The number of nitrogens with zero attached hydrogens (tertiary/aromatic N) is 1. The van der Waals surface area contributed by atoms with E-state index in [0.29, 0.717) is 17.5 Å². The van der Waals surface area contributed by atoms with Crippen molar-refractivity contribution in [3.05, 3.63) is 149 Å². The Balaban J connectivity index is 1.19. The molecule has 0 spiro atoms. The van der Waals surface area contributed by atoms with Crippen molar-refractivity contribution >= 4 is 142 Å². The van der Waals surface area contributed by atoms with E-state index >= 15 is 0 Å². The van der Waals surface area contributed by atoms with Gasteiger partial charge in [-0.25, -0.2) is 4.79 Å². The van der Waals surface area contributed by atoms with Gasteiger partial charge in [-0.1, -0.05) is 115 Å². The van der Waals surface area contributed by atoms with E-state index in [0.717, 1.165) is 4.90 Å². The fourth-order valence-electron chi connectivity index (χ4n) is 15.4. The van der Waals surface area contributed by atoms with Gasteiger partial charge in [0, 0.05) is 45.1 Å². The highest BCUT2D eigenvalue weighted by Crippen LogP contribution is 2.24. The number of carboxylic acids is 3. The maximum atomic E-state index is 14.9. The predicted molar refractivity (Wildman–Crippen MR) is 528 cm³/mol. The Bertz CT molecular complexity index is 5530. The number of likely N-dealkylation sites (tertiary alicyclic amines) is 1. The number of phenolic OH excluding ortho intramolecular Hbond substituents is 5. The van der Waals surface area contributed by atoms with Crippen molar-refractivity contribution in [1.29, 1.82) is 0 Å². The normalized spacial score (nSPS) is 15.3. The third-order valence-corrected chi connectivity index (χ3v) is 24.6. The maximum Gasteiger partial charge on any atom is 0.326 e. The van der Waals surface area contributed by atoms with Gasteiger partial charge in [0.05, 0.1) is 44.8 Å². The molecule has 1 aliphatic rings. The van der Waals surface area contributed by atoms with Crippen LogP contribution in [0.25, 0.3) is 0 Å². The summed E-state index contributed by atoms with van der Waals surface area (Å²) in [7, 11) is 0. The lowest BCUT2D eigenvalue weighted by Crippen LogP contribution is -2.61. The van der Waals surface area contributed by atoms with Crippen LogP contribution in [0.2, 0.25) is 0 Å². The number of aromatic hydroxyl groups is 5. The van der Waals surface area contributed by atoms with Gasteiger partial charge in [0.2, 0.25) is 112 Å². The Kier molecular flexibility index (Phi) is 48.2. The number of benzene rings is 5. The quantitative estimate of drug-likeness (QED) is 0.0174. The highest BCUT2D eigenvalue weighted by atomic mass is 32.2. The average Bonchev–Trinajstić information content (AvgIpc) is 1.67. The summed E-state index contributed by atoms with van der Waals surface area (Å²) < 4.78 is 0. The first-order chi connectivity index (χ1) is 69.8. The van der Waals surface area contributed by atoms with E-state index in [1.807, 2.05) is 0 Å². The van der Waals surface area contributed by atoms with Crippen LogP contribution in [0.5, 0.6) is 28.7 Å². The summed E-state index contributed by atoms with van der Waals surface area (Å²) >= 11 is 1.22. The van der Waals surface area contributed by atoms with Crippen LogP contribution in [0.3, 0.4) is 0 Å². The van der Waals surface area contributed by atoms with Crippen molar-refractivity contribution in [1.82, 2.24) is 84.7 Å². The molecule has 0 saturated carbocycles. The van der Waals surface area contributed by atoms with E-state index in [4.69, 9.17) is 22.9 Å². The van der Waals surface area contributed by atoms with Gasteiger partial charge >= 0.3 is 17.9 Å². The van der Waals surface area contributed by atoms with Gasteiger partial charge in [0.15, 0.2) is 0 Å². The molecule has 5 aromatic rings. The molecule has 0 radical (unpaired) electrons. The van der Waals surface area contributed by atoms with Crippen molar-refractivity contribution < 1.29 is 146 Å². The predicted octanol–water partition coefficient (Wildman–Crippen LogP) is -4.87. The Labute approximate surface area is 854 Å². The molecule has 17 atom stereocenters. The fourth-order valence-corrected chi connectivity index (χ4v) is 15.8. The number of nitrogens with two attached hydrogens (primary N) is 4. The lowest BCUT2D eigenvalue weighted by molar-refractivity contribution is -0.144. The Morgan fingerprint density at radius 2 is 0.655 bits per heavy atom. The van der Waals surface area contributed by atoms with E-state index < -0.39 is 316 Å². The largest absolute Gasteiger partial charge is 0.508 e. The average molecular weight is 2090 g/mol. The minimum Gasteiger partial charge on any atom is -0.508 e. The lowest BCUT2D eigenvalue weighted by atomic mass is 9.97. The number of carbonyl (C=O) groups excluding carboxylic acids is 19. The highest BCUT2D eigenvalue weighted by Gasteiger charge is 2.43. The standard InChI is InChI=1S/C97H130N20O30S/c1-8-49(5)81(114-77(127)47-103-84(133)64(37-51-12-22-56(118)23-13-51)107-87(136)67(40-54-18-28-59(121)29-19-54)109-89(138)69(44-75(101)125)112-95(144)82(50(6)9-2)116-92(141)72-11-10-35-117(72)96(145)61(98)42-73(99)123)94(143)111-68(43-74(100)124)88(137)108-66(39-53-16-26-58(120)27-17-53)86(135)105-62(32-33-78(128)129)83(132)102-46-76(126)104-65(38-52-14-24-57(119)25-15-52)91(140)115-80(48(3)4)93(142)106-63(34-36-148-7)85(134)110-70(45-79(130)131)90(139)113-71(97(146)147)41-55-20-30-60(122)31-21-55/h12-31,48-50,61-72,80-82,118-122H,8-11,32-47,98H2,1-7H3,(H2,99,123)(H2,100,124)(H2,101,125)(H,102,132)(H,103,133)(H,104,126)(H,105,135)(H,106,142)(H,107,136)(H,108,137)(H,109,138)(H,110,134)(H,111,143)(H,112,144)(H,113,139)(H,114,127)(H,115,140)(H,116,141)(H,128,129)(H,130,131)(H,146,147)/t49-,50-,61-,62-,63-,64-,65-,66-,67-,68-,69-,70-,71-,72-,80-,81-,82-/m0/s1. The molecule has 804 valence electrons. The first-order valence-electron chi connectivity index (χ1n) is 47.3. The van der Waals surface area contributed by atoms with Gasteiger partial charge in [-0.3, -0.25) is 101 Å². The monoisotopic (exact) mass is 2090 g/mol. The number of rotatable bonds is 61. The van der Waals surface area contributed by atoms with Crippen LogP contribution in [0.4, 0.5) is 0 Å². The first kappa shape index (κ1) is 120. The minimum absolute atomic E-state index is 0.0694. The SMILES string of the molecule is CC[C@H](C)[C@H](NC(=O)CNC(=O)[C@H](Cc1ccc(O)cc1)NC(=O)[C@H](Cc1ccc(O)cc1)NC(=O)[C@H](CC(N)=O)NC(=O)[C@@H](NC(=O)[C@@H]1CCCN1C(=O)[C@@H](N)CC(N)=O)[C@@H](C)CC)C(=O)N[C@@H](CC(N)=O)C(=O)N[C@@H](Cc1ccc(O)cc1)C(=O)N[C@@H](CCC(=O)O)C(=O)NCC(=O)N[C@@H](Cc1ccc(O)cc1)C(=O)N[C@H](C(=O)N[C@@H](CCSC)C(=O)N[C@@H](CC(=O)O)C(=O)N[C@@H](Cc1ccc(O)cc1)C(=O)O)C(C)C. The van der Waals surface area contributed by atoms with Crippen molar-refractivity contribution in [3.8, 4) is 28.7 Å². The molecule has 0 aromatic heterocycles. The molecular weight excluding hydrogens is 1960 g/mol. The number of primary amides is 3. The van der Waals surface area contributed by atoms with Gasteiger partial charge in [-0.15, -0.1) is 0 Å². The number of amides is 19. The third kappa shape index (κ3) is 40.4. The van der Waals surface area contributed by atoms with Gasteiger partial charge in [0.1, 0.15) is 113 Å². The highest BCUT2D eigenvalue weighted by molar-refractivity contribution is 7.98. The zero-order valence-electron chi connectivity index (χ0n) is 82.3. The third-order valence-electron chi connectivity index (χ3n) is 23.9. The number of nitrogens with one attached hydrogen (secondary N) is 15. The minimum atomic E-state index is -2.02. The Morgan fingerprint density at radius 3 is 1.03 bits per heavy atom. The summed E-state index contributed by atoms with van der Waals surface area (Å²) in [6.07, 6.45) is -4.88. The van der Waals surface area contributed by atoms with Gasteiger partial charge in [0.25, 0.3) is 0 Å². The Morgan fingerprint density at radius 1 is 0.351 bits per heavy atom. The summed E-state index contributed by atoms with van der Waals surface area (Å²) in [5.41, 5.74) is 23.9. The zero-order valence-corrected chi connectivity index (χ0v) is 83.1. The smallest absolute Gasteiger partial charge is 0.326 e. The number of carboxylic acid groups (broad SMARTS) is 3. The number of hydrogen-bond acceptors (Lipinski definition) is 29. The van der Waals surface area contributed by atoms with Crippen molar-refractivity contribution in [2.75, 3.05) is 31.6 Å². The maximum absolute atomic E-state index is 14.9. The molecule has 0 bridgehead atoms. The van der Waals surface area contributed by atoms with E-state index in [-0.39, 0.29) is 89.8 Å². The molecule has 1 fully saturated rings. The molecule has 1 saturated heterocycles. The Hall–Kier alpha value is -16.3. The molecule has 6 rings (SSSR count). The molecule has 1 heterocycles. The number of phenols is 5.